The molecule has 8 nitrogen and oxygen atoms in total. The molecule has 0 aliphatic rings. The number of hydrogen-bond acceptors (Lipinski definition) is 6. The molecule has 0 heterocycles. The first-order valence-electron chi connectivity index (χ1n) is 6.02. The van der Waals surface area contributed by atoms with Gasteiger partial charge < -0.3 is 26.3 Å². The normalized spacial score (nSPS) is 10.0. The molecule has 0 spiro atoms. The van der Waals surface area contributed by atoms with E-state index >= 15 is 0 Å². The maximum Gasteiger partial charge on any atom is 0.155 e. The summed E-state index contributed by atoms with van der Waals surface area (Å²) in [4.78, 5) is 30.1. The predicted octanol–water partition coefficient (Wildman–Crippen LogP) is 1.46. The fraction of sp³-hybridized carbons (Fsp3) is 0.400. The van der Waals surface area contributed by atoms with Crippen molar-refractivity contribution >= 4 is 17.3 Å². The molecule has 0 aliphatic carbocycles. The van der Waals surface area contributed by atoms with E-state index < -0.39 is 0 Å². The Labute approximate surface area is 174 Å². The number of carbonyl (C=O) groups excluding carboxylic acids is 3. The van der Waals surface area contributed by atoms with Crippen molar-refractivity contribution in [1.29, 1.82) is 0 Å². The minimum atomic E-state index is -0.125. The van der Waals surface area contributed by atoms with Gasteiger partial charge in [-0.05, 0) is 41.5 Å². The molecule has 0 unspecified atom stereocenters. The molecule has 7 N–H and O–H groups in total. The van der Waals surface area contributed by atoms with Crippen molar-refractivity contribution in [2.75, 3.05) is 0 Å². The number of hydrogen-bond donors (Lipinski definition) is 3. The van der Waals surface area contributed by atoms with Gasteiger partial charge in [0, 0.05) is 58.2 Å². The SMILES string of the molecule is CC(=O)/C=C(/C)O.CC(=O)/C=C(/C)O.CC(=O)/C=C(\C)O.O.O.[Gd]. The van der Waals surface area contributed by atoms with Crippen LogP contribution in [0, 0.1) is 39.9 Å². The fourth-order valence-corrected chi connectivity index (χ4v) is 0.882. The Morgan fingerprint density at radius 2 is 0.667 bits per heavy atom. The van der Waals surface area contributed by atoms with Crippen LogP contribution in [0.2, 0.25) is 0 Å². The Kier molecular flexibility index (Phi) is 38.6. The standard InChI is InChI=1S/3C5H8O2.Gd.2H2O/c3*1-4(6)3-5(2)7;;;/h3*3,6H,1-2H3;;2*1H2/b4-3+;2*4-3-;;;. The Balaban J connectivity index is -0.0000000476. The maximum atomic E-state index is 10.0. The summed E-state index contributed by atoms with van der Waals surface area (Å²) in [5.41, 5.74) is 0. The zero-order valence-corrected chi connectivity index (χ0v) is 16.9. The molecule has 0 aromatic heterocycles. The second-order valence-corrected chi connectivity index (χ2v) is 4.19. The molecule has 0 aliphatic heterocycles. The largest absolute Gasteiger partial charge is 0.512 e. The van der Waals surface area contributed by atoms with E-state index in [9.17, 15) is 14.4 Å². The zero-order valence-electron chi connectivity index (χ0n) is 14.7. The summed E-state index contributed by atoms with van der Waals surface area (Å²) in [6, 6.07) is 0. The van der Waals surface area contributed by atoms with Crippen LogP contribution < -0.4 is 0 Å². The van der Waals surface area contributed by atoms with Crippen LogP contribution in [0.3, 0.4) is 0 Å². The van der Waals surface area contributed by atoms with Gasteiger partial charge in [0.25, 0.3) is 0 Å². The van der Waals surface area contributed by atoms with Gasteiger partial charge in [0.1, 0.15) is 0 Å². The second-order valence-electron chi connectivity index (χ2n) is 4.19. The van der Waals surface area contributed by atoms with Gasteiger partial charge in [0.05, 0.1) is 17.3 Å². The quantitative estimate of drug-likeness (QED) is 0.396. The van der Waals surface area contributed by atoms with Crippen molar-refractivity contribution in [2.45, 2.75) is 41.5 Å². The summed E-state index contributed by atoms with van der Waals surface area (Å²) in [6.45, 7) is 8.54. The number of rotatable bonds is 3. The molecule has 0 bridgehead atoms. The number of ketones is 3. The van der Waals surface area contributed by atoms with Crippen molar-refractivity contribution in [3.05, 3.63) is 35.5 Å². The van der Waals surface area contributed by atoms with Crippen LogP contribution in [0.4, 0.5) is 0 Å². The van der Waals surface area contributed by atoms with Crippen LogP contribution >= 0.6 is 0 Å². The van der Waals surface area contributed by atoms with Crippen molar-refractivity contribution in [3.63, 3.8) is 0 Å². The number of allylic oxidation sites excluding steroid dienone is 6. The molecule has 0 aromatic carbocycles. The second kappa shape index (κ2) is 24.1. The first kappa shape index (κ1) is 38.4. The third-order valence-electron chi connectivity index (χ3n) is 1.24. The van der Waals surface area contributed by atoms with Crippen LogP contribution in [0.15, 0.2) is 35.5 Å². The van der Waals surface area contributed by atoms with E-state index in [1.165, 1.54) is 59.8 Å². The van der Waals surface area contributed by atoms with Gasteiger partial charge in [0.2, 0.25) is 0 Å². The average Bonchev–Trinajstić information content (AvgIpc) is 2.10. The molecule has 0 aromatic rings. The minimum absolute atomic E-state index is 0. The van der Waals surface area contributed by atoms with Gasteiger partial charge in [-0.3, -0.25) is 14.4 Å². The third-order valence-corrected chi connectivity index (χ3v) is 1.24. The topological polar surface area (TPSA) is 175 Å². The van der Waals surface area contributed by atoms with E-state index in [-0.39, 0.29) is 85.5 Å². The molecule has 0 amide bonds. The molecular formula is C15H28GdO8. The first-order chi connectivity index (χ1) is 9.38. The van der Waals surface area contributed by atoms with Gasteiger partial charge in [-0.2, -0.15) is 0 Å². The van der Waals surface area contributed by atoms with E-state index in [1.54, 1.807) is 0 Å². The predicted molar refractivity (Wildman–Crippen MR) is 88.4 cm³/mol. The Morgan fingerprint density at radius 1 is 0.542 bits per heavy atom. The first-order valence-corrected chi connectivity index (χ1v) is 6.02. The zero-order chi connectivity index (χ0) is 17.6. The number of aliphatic hydroxyl groups is 3. The Bertz CT molecular complexity index is 372. The summed E-state index contributed by atoms with van der Waals surface area (Å²) in [5.74, 6) is -0.187. The van der Waals surface area contributed by atoms with Crippen LogP contribution in [0.5, 0.6) is 0 Å². The van der Waals surface area contributed by atoms with Gasteiger partial charge in [-0.1, -0.05) is 0 Å². The molecule has 24 heavy (non-hydrogen) atoms. The van der Waals surface area contributed by atoms with Crippen molar-refractivity contribution in [3.8, 4) is 0 Å². The number of aliphatic hydroxyl groups excluding tert-OH is 3. The summed E-state index contributed by atoms with van der Waals surface area (Å²) in [7, 11) is 0. The van der Waals surface area contributed by atoms with Gasteiger partial charge in [-0.25, -0.2) is 0 Å². The molecule has 0 rings (SSSR count). The molecule has 0 saturated carbocycles. The van der Waals surface area contributed by atoms with Gasteiger partial charge in [-0.15, -0.1) is 0 Å². The molecule has 144 valence electrons. The van der Waals surface area contributed by atoms with E-state index in [4.69, 9.17) is 15.3 Å². The minimum Gasteiger partial charge on any atom is -0.512 e. The van der Waals surface area contributed by atoms with Crippen LogP contribution in [0.1, 0.15) is 41.5 Å². The van der Waals surface area contributed by atoms with E-state index in [0.29, 0.717) is 0 Å². The summed E-state index contributed by atoms with van der Waals surface area (Å²) in [5, 5.41) is 25.1. The summed E-state index contributed by atoms with van der Waals surface area (Å²) < 4.78 is 0. The molecule has 0 saturated heterocycles. The van der Waals surface area contributed by atoms with Gasteiger partial charge in [0.15, 0.2) is 17.3 Å². The smallest absolute Gasteiger partial charge is 0.155 e. The molecular weight excluding hydrogens is 465 g/mol. The maximum absolute atomic E-state index is 10.0. The molecule has 0 radical (unpaired) electrons. The Hall–Kier alpha value is -1.13. The van der Waals surface area contributed by atoms with Crippen molar-refractivity contribution < 1.29 is 80.6 Å². The van der Waals surface area contributed by atoms with Crippen LogP contribution in [-0.4, -0.2) is 43.6 Å². The molecule has 0 fully saturated rings. The van der Waals surface area contributed by atoms with E-state index in [2.05, 4.69) is 0 Å². The van der Waals surface area contributed by atoms with E-state index in [0.717, 1.165) is 0 Å². The van der Waals surface area contributed by atoms with Crippen LogP contribution in [-0.2, 0) is 14.4 Å². The monoisotopic (exact) mass is 494 g/mol. The van der Waals surface area contributed by atoms with Crippen molar-refractivity contribution in [1.82, 2.24) is 0 Å². The average molecular weight is 494 g/mol. The van der Waals surface area contributed by atoms with Crippen LogP contribution in [0.25, 0.3) is 0 Å². The summed E-state index contributed by atoms with van der Waals surface area (Å²) >= 11 is 0. The van der Waals surface area contributed by atoms with Crippen molar-refractivity contribution in [2.24, 2.45) is 0 Å². The third kappa shape index (κ3) is 69.7. The van der Waals surface area contributed by atoms with Gasteiger partial charge >= 0.3 is 0 Å². The van der Waals surface area contributed by atoms with E-state index in [1.807, 2.05) is 0 Å². The fourth-order valence-electron chi connectivity index (χ4n) is 0.882. The molecule has 0 atom stereocenters. The Morgan fingerprint density at radius 3 is 0.667 bits per heavy atom. The summed E-state index contributed by atoms with van der Waals surface area (Å²) in [6.07, 6.45) is 3.50. The molecule has 9 heteroatoms. The number of carbonyl (C=O) groups is 3.